The first-order valence-electron chi connectivity index (χ1n) is 29.8. The third kappa shape index (κ3) is 58.2. The summed E-state index contributed by atoms with van der Waals surface area (Å²) in [6, 6.07) is 0. The third-order valence-corrected chi connectivity index (χ3v) is 12.1. The van der Waals surface area contributed by atoms with Gasteiger partial charge in [0.15, 0.2) is 6.10 Å². The van der Waals surface area contributed by atoms with Crippen LogP contribution in [-0.4, -0.2) is 37.2 Å². The van der Waals surface area contributed by atoms with Crippen LogP contribution in [0.25, 0.3) is 0 Å². The lowest BCUT2D eigenvalue weighted by Gasteiger charge is -2.18. The van der Waals surface area contributed by atoms with Gasteiger partial charge >= 0.3 is 17.9 Å². The first-order valence-corrected chi connectivity index (χ1v) is 29.8. The van der Waals surface area contributed by atoms with Crippen LogP contribution in [0.3, 0.4) is 0 Å². The average Bonchev–Trinajstić information content (AvgIpc) is 3.40. The van der Waals surface area contributed by atoms with E-state index in [1.165, 1.54) is 64.2 Å². The van der Waals surface area contributed by atoms with Gasteiger partial charge in [-0.15, -0.1) is 0 Å². The van der Waals surface area contributed by atoms with E-state index in [2.05, 4.69) is 167 Å². The molecule has 1 unspecified atom stereocenters. The van der Waals surface area contributed by atoms with Gasteiger partial charge in [0.05, 0.1) is 0 Å². The summed E-state index contributed by atoms with van der Waals surface area (Å²) in [6.45, 7) is 6.29. The predicted octanol–water partition coefficient (Wildman–Crippen LogP) is 20.4. The maximum atomic E-state index is 12.8. The largest absolute Gasteiger partial charge is 0.462 e. The van der Waals surface area contributed by atoms with E-state index in [4.69, 9.17) is 14.2 Å². The fraction of sp³-hybridized carbons (Fsp3) is 0.603. The average molecular weight is 1020 g/mol. The van der Waals surface area contributed by atoms with Crippen LogP contribution in [0.1, 0.15) is 245 Å². The van der Waals surface area contributed by atoms with Crippen molar-refractivity contribution < 1.29 is 28.6 Å². The standard InChI is InChI=1S/C68H108O6/c1-4-7-10-13-16-18-20-22-24-25-26-27-28-29-30-31-32-33-34-35-36-37-38-39-40-41-42-43-45-46-48-50-52-55-58-61-67(70)73-64-65(63-72-66(69)60-57-54-15-12-9-6-3)74-68(71)62-59-56-53-51-49-47-44-23-21-19-17-14-11-8-5-2/h7-8,10-11,16-19,22-24,26-27,29-30,32-33,35-36,38-39,44,49,51,65H,4-6,9,12-15,20-21,25,28,31,34,37,40-43,45-48,50,52-64H2,1-3H3/b10-7-,11-8-,18-16-,19-17-,24-22-,27-26-,30-29-,33-32-,36-35-,39-38-,44-23-,51-49-. The van der Waals surface area contributed by atoms with Crippen molar-refractivity contribution in [2.24, 2.45) is 0 Å². The van der Waals surface area contributed by atoms with Gasteiger partial charge < -0.3 is 14.2 Å². The summed E-state index contributed by atoms with van der Waals surface area (Å²) in [4.78, 5) is 37.8. The van der Waals surface area contributed by atoms with Crippen molar-refractivity contribution in [2.75, 3.05) is 13.2 Å². The Bertz CT molecular complexity index is 1640. The quantitative estimate of drug-likeness (QED) is 0.0261. The number of ether oxygens (including phenoxy) is 3. The zero-order valence-electron chi connectivity index (χ0n) is 47.5. The van der Waals surface area contributed by atoms with Gasteiger partial charge in [-0.05, 0) is 122 Å². The summed E-state index contributed by atoms with van der Waals surface area (Å²) in [6.07, 6.45) is 87.5. The minimum atomic E-state index is -0.802. The Labute approximate surface area is 455 Å². The molecule has 1 atom stereocenters. The van der Waals surface area contributed by atoms with Crippen molar-refractivity contribution in [3.63, 3.8) is 0 Å². The Kier molecular flexibility index (Phi) is 57.0. The van der Waals surface area contributed by atoms with Gasteiger partial charge in [0.1, 0.15) is 13.2 Å². The number of hydrogen-bond acceptors (Lipinski definition) is 6. The summed E-state index contributed by atoms with van der Waals surface area (Å²) in [5.41, 5.74) is 0. The van der Waals surface area contributed by atoms with E-state index in [0.717, 1.165) is 135 Å². The lowest BCUT2D eigenvalue weighted by atomic mass is 10.1. The van der Waals surface area contributed by atoms with Gasteiger partial charge in [-0.1, -0.05) is 250 Å². The number of esters is 3. The molecule has 74 heavy (non-hydrogen) atoms. The molecule has 0 saturated heterocycles. The molecule has 0 N–H and O–H groups in total. The number of allylic oxidation sites excluding steroid dienone is 24. The Morgan fingerprint density at radius 3 is 0.851 bits per heavy atom. The molecule has 6 heteroatoms. The van der Waals surface area contributed by atoms with Gasteiger partial charge in [-0.2, -0.15) is 0 Å². The van der Waals surface area contributed by atoms with E-state index in [-0.39, 0.29) is 37.5 Å². The van der Waals surface area contributed by atoms with Crippen molar-refractivity contribution in [1.29, 1.82) is 0 Å². The zero-order valence-corrected chi connectivity index (χ0v) is 47.5. The maximum Gasteiger partial charge on any atom is 0.306 e. The highest BCUT2D eigenvalue weighted by Crippen LogP contribution is 2.14. The monoisotopic (exact) mass is 1020 g/mol. The second-order valence-corrected chi connectivity index (χ2v) is 19.1. The highest BCUT2D eigenvalue weighted by molar-refractivity contribution is 5.71. The van der Waals surface area contributed by atoms with Gasteiger partial charge in [0, 0.05) is 19.3 Å². The minimum absolute atomic E-state index is 0.0994. The molecule has 0 fully saturated rings. The molecule has 416 valence electrons. The van der Waals surface area contributed by atoms with Crippen molar-refractivity contribution in [2.45, 2.75) is 252 Å². The van der Waals surface area contributed by atoms with Crippen molar-refractivity contribution >= 4 is 17.9 Å². The van der Waals surface area contributed by atoms with E-state index in [1.807, 2.05) is 0 Å². The Hall–Kier alpha value is -4.71. The summed E-state index contributed by atoms with van der Waals surface area (Å²) in [5, 5.41) is 0. The van der Waals surface area contributed by atoms with Gasteiger partial charge in [0.2, 0.25) is 0 Å². The predicted molar refractivity (Wildman–Crippen MR) is 320 cm³/mol. The fourth-order valence-electron chi connectivity index (χ4n) is 7.68. The molecule has 0 spiro atoms. The molecule has 0 radical (unpaired) electrons. The number of hydrogen-bond donors (Lipinski definition) is 0. The summed E-state index contributed by atoms with van der Waals surface area (Å²) in [7, 11) is 0. The van der Waals surface area contributed by atoms with Gasteiger partial charge in [0.25, 0.3) is 0 Å². The third-order valence-electron chi connectivity index (χ3n) is 12.1. The number of rotatable bonds is 52. The van der Waals surface area contributed by atoms with Crippen LogP contribution in [0.4, 0.5) is 0 Å². The smallest absolute Gasteiger partial charge is 0.306 e. The first kappa shape index (κ1) is 69.3. The van der Waals surface area contributed by atoms with Crippen LogP contribution in [0, 0.1) is 0 Å². The van der Waals surface area contributed by atoms with Crippen molar-refractivity contribution in [3.8, 4) is 0 Å². The van der Waals surface area contributed by atoms with E-state index < -0.39 is 6.10 Å². The van der Waals surface area contributed by atoms with Crippen LogP contribution >= 0.6 is 0 Å². The lowest BCUT2D eigenvalue weighted by Crippen LogP contribution is -2.30. The molecular weight excluding hydrogens is 913 g/mol. The topological polar surface area (TPSA) is 78.9 Å². The molecular formula is C68H108O6. The zero-order chi connectivity index (χ0) is 53.6. The van der Waals surface area contributed by atoms with E-state index >= 15 is 0 Å². The highest BCUT2D eigenvalue weighted by atomic mass is 16.6. The molecule has 0 aromatic rings. The Morgan fingerprint density at radius 1 is 0.284 bits per heavy atom. The minimum Gasteiger partial charge on any atom is -0.462 e. The number of carbonyl (C=O) groups is 3. The van der Waals surface area contributed by atoms with Gasteiger partial charge in [-0.25, -0.2) is 0 Å². The molecule has 0 aliphatic rings. The maximum absolute atomic E-state index is 12.8. The van der Waals surface area contributed by atoms with Crippen LogP contribution in [0.5, 0.6) is 0 Å². The van der Waals surface area contributed by atoms with Gasteiger partial charge in [-0.3, -0.25) is 14.4 Å². The Balaban J connectivity index is 4.11. The molecule has 0 aromatic heterocycles. The molecule has 6 nitrogen and oxygen atoms in total. The molecule has 0 aromatic carbocycles. The van der Waals surface area contributed by atoms with Crippen LogP contribution in [0.15, 0.2) is 146 Å². The molecule has 0 rings (SSSR count). The lowest BCUT2D eigenvalue weighted by molar-refractivity contribution is -0.167. The van der Waals surface area contributed by atoms with E-state index in [9.17, 15) is 14.4 Å². The molecule has 0 saturated carbocycles. The van der Waals surface area contributed by atoms with Crippen molar-refractivity contribution in [1.82, 2.24) is 0 Å². The summed E-state index contributed by atoms with van der Waals surface area (Å²) in [5.74, 6) is -0.962. The first-order chi connectivity index (χ1) is 36.5. The summed E-state index contributed by atoms with van der Waals surface area (Å²) < 4.78 is 16.7. The Morgan fingerprint density at radius 2 is 0.527 bits per heavy atom. The van der Waals surface area contributed by atoms with Crippen LogP contribution in [-0.2, 0) is 28.6 Å². The van der Waals surface area contributed by atoms with Crippen LogP contribution < -0.4 is 0 Å². The molecule has 0 aliphatic heterocycles. The summed E-state index contributed by atoms with van der Waals surface area (Å²) >= 11 is 0. The molecule has 0 aliphatic carbocycles. The fourth-order valence-corrected chi connectivity index (χ4v) is 7.68. The number of carbonyl (C=O) groups excluding carboxylic acids is 3. The van der Waals surface area contributed by atoms with E-state index in [0.29, 0.717) is 19.3 Å². The molecule has 0 bridgehead atoms. The SMILES string of the molecule is CC/C=C\C/C=C\C/C=C\C/C=C\C/C=C\C/C=C\C/C=C\C/C=C\CCCCCCCCCCCCC(=O)OCC(COC(=O)CCCCCCCC)OC(=O)CCCC/C=C\C/C=C\C/C=C\C/C=C\CC. The number of unbranched alkanes of at least 4 members (excludes halogenated alkanes) is 17. The highest BCUT2D eigenvalue weighted by Gasteiger charge is 2.19. The molecule has 0 amide bonds. The normalized spacial score (nSPS) is 13.2. The van der Waals surface area contributed by atoms with Crippen molar-refractivity contribution in [3.05, 3.63) is 146 Å². The second-order valence-electron chi connectivity index (χ2n) is 19.1. The second kappa shape index (κ2) is 60.8. The molecule has 0 heterocycles. The van der Waals surface area contributed by atoms with E-state index in [1.54, 1.807) is 0 Å². The van der Waals surface area contributed by atoms with Crippen LogP contribution in [0.2, 0.25) is 0 Å².